The Hall–Kier alpha value is -2.86. The Bertz CT molecular complexity index is 1930. The van der Waals surface area contributed by atoms with Crippen LogP contribution in [0.15, 0.2) is 91.0 Å². The van der Waals surface area contributed by atoms with Crippen molar-refractivity contribution in [1.82, 2.24) is 69.1 Å². The van der Waals surface area contributed by atoms with Crippen molar-refractivity contribution in [2.75, 3.05) is 157 Å². The van der Waals surface area contributed by atoms with Gasteiger partial charge in [0.15, 0.2) is 0 Å². The Morgan fingerprint density at radius 2 is 0.528 bits per heavy atom. The van der Waals surface area contributed by atoms with Crippen LogP contribution in [-0.2, 0) is 19.4 Å². The maximum Gasteiger partial charge on any atom is 0.0202 e. The van der Waals surface area contributed by atoms with Gasteiger partial charge in [0.2, 0.25) is 0 Å². The summed E-state index contributed by atoms with van der Waals surface area (Å²) in [6.07, 6.45) is 46.9. The molecule has 144 heavy (non-hydrogen) atoms. The molecule has 0 saturated heterocycles. The third kappa shape index (κ3) is 281. The molecule has 13 nitrogen and oxygen atoms in total. The molecular weight excluding hydrogens is 1760 g/mol. The first-order chi connectivity index (χ1) is 69.9. The number of aryl methyl sites for hydroxylation is 2. The lowest BCUT2D eigenvalue weighted by Crippen LogP contribution is -2.19. The molecule has 3 aromatic rings. The van der Waals surface area contributed by atoms with Crippen molar-refractivity contribution in [2.24, 2.45) is 35.0 Å². The van der Waals surface area contributed by atoms with E-state index >= 15 is 0 Å². The van der Waals surface area contributed by atoms with Crippen molar-refractivity contribution in [3.8, 4) is 0 Å². The minimum Gasteiger partial charge on any atom is -0.320 e. The van der Waals surface area contributed by atoms with Gasteiger partial charge in [-0.25, -0.2) is 0 Å². The largest absolute Gasteiger partial charge is 0.320 e. The van der Waals surface area contributed by atoms with Gasteiger partial charge in [-0.15, -0.1) is 0 Å². The molecule has 13 N–H and O–H groups in total. The Labute approximate surface area is 925 Å². The molecule has 3 aliphatic carbocycles. The van der Waals surface area contributed by atoms with Crippen LogP contribution in [0.3, 0.4) is 0 Å². The molecule has 6 rings (SSSR count). The molecule has 13 heteroatoms. The van der Waals surface area contributed by atoms with E-state index in [1.807, 2.05) is 318 Å². The summed E-state index contributed by atoms with van der Waals surface area (Å²) in [4.78, 5) is 0. The first-order valence-electron chi connectivity index (χ1n) is 62.5. The van der Waals surface area contributed by atoms with E-state index in [2.05, 4.69) is 260 Å². The van der Waals surface area contributed by atoms with Crippen molar-refractivity contribution in [3.05, 3.63) is 108 Å². The van der Waals surface area contributed by atoms with E-state index in [9.17, 15) is 0 Å². The maximum atomic E-state index is 3.21. The third-order valence-corrected chi connectivity index (χ3v) is 19.5. The summed E-state index contributed by atoms with van der Waals surface area (Å²) >= 11 is 0. The minimum absolute atomic E-state index is 0.489. The third-order valence-electron chi connectivity index (χ3n) is 19.5. The average molecular weight is 2060 g/mol. The molecule has 3 aromatic carbocycles. The molecule has 0 aliphatic heterocycles. The van der Waals surface area contributed by atoms with Crippen LogP contribution in [0.2, 0.25) is 0 Å². The second-order valence-electron chi connectivity index (χ2n) is 33.5. The molecule has 0 spiro atoms. The fraction of sp³-hybridized carbons (Fsp3) is 0.863. The number of hydrogen-bond donors (Lipinski definition) is 13. The van der Waals surface area contributed by atoms with Crippen LogP contribution in [0.1, 0.15) is 548 Å². The van der Waals surface area contributed by atoms with E-state index in [1.54, 1.807) is 0 Å². The highest BCUT2D eigenvalue weighted by atomic mass is 14.9. The van der Waals surface area contributed by atoms with Gasteiger partial charge in [0.1, 0.15) is 0 Å². The van der Waals surface area contributed by atoms with Gasteiger partial charge >= 0.3 is 0 Å². The first kappa shape index (κ1) is 202. The molecule has 3 saturated carbocycles. The minimum atomic E-state index is 0.489. The molecule has 1 atom stereocenters. The Morgan fingerprint density at radius 1 is 0.257 bits per heavy atom. The van der Waals surface area contributed by atoms with E-state index < -0.39 is 0 Å². The summed E-state index contributed by atoms with van der Waals surface area (Å²) in [5.41, 5.74) is 4.72. The summed E-state index contributed by atoms with van der Waals surface area (Å²) in [6, 6.07) is 32.9. The highest BCUT2D eigenvalue weighted by molar-refractivity contribution is 5.16. The van der Waals surface area contributed by atoms with Gasteiger partial charge in [0, 0.05) is 18.6 Å². The van der Waals surface area contributed by atoms with Crippen molar-refractivity contribution in [1.29, 1.82) is 0 Å². The van der Waals surface area contributed by atoms with Gasteiger partial charge < -0.3 is 69.1 Å². The van der Waals surface area contributed by atoms with Crippen LogP contribution in [-0.4, -0.2) is 169 Å². The van der Waals surface area contributed by atoms with E-state index in [0.29, 0.717) is 17.5 Å². The van der Waals surface area contributed by atoms with Crippen LogP contribution >= 0.6 is 0 Å². The monoisotopic (exact) mass is 2060 g/mol. The number of nitrogens with one attached hydrogen (secondary N) is 13. The van der Waals surface area contributed by atoms with E-state index in [-0.39, 0.29) is 0 Å². The smallest absolute Gasteiger partial charge is 0.0202 e. The van der Waals surface area contributed by atoms with Gasteiger partial charge in [-0.3, -0.25) is 0 Å². The topological polar surface area (TPSA) is 156 Å². The van der Waals surface area contributed by atoms with Crippen molar-refractivity contribution < 1.29 is 0 Å². The zero-order chi connectivity index (χ0) is 118. The van der Waals surface area contributed by atoms with Crippen molar-refractivity contribution in [2.45, 2.75) is 562 Å². The second-order valence-corrected chi connectivity index (χ2v) is 33.5. The molecule has 0 bridgehead atoms. The van der Waals surface area contributed by atoms with Crippen LogP contribution in [0, 0.1) is 35.0 Å². The standard InChI is InChI=1S/C10H15N.C10H14.C9H19N.C8H17N.C8H11N.C8H16.C7H17N.3C6H15N.3C5H13N.2C4H11N.15C2H6/c1-11-9-5-8-10-6-3-2-4-7-10;1-2-3-7-10-8-5-4-6-9-10;1-10-8-7-9-5-3-2-4-6-9;1-9-7-6-8-4-2-3-5-8;1-9-7-8-5-3-2-4-6-8;1-2-8-6-4-3-5-7-8;1-7(2,3)5-6-8-4;1-6(2)4-5-7-3;2*1-3-4-5-6-7-2;1-5(2)4-6-3;1-4-5(2)6-3;1-3-4-5-6-2;1-4(2)5-3;1-3-4-5-2;15*1-2/h2-4,6-7,11H,5,8-9H2,1H3;4-6,8-9H,2-3,7H2,1H3;9-10H,2-8H2,1H3;8-9H,2-7H2,1H3;2-6,9H,7H2,1H3;8H,2-7H2,1H3;8H,5-6H2,1-4H3;6-7H,4-5H2,1-3H3;2*7H,3-6H2,1-2H3;2*5-6H,4H2,1-3H3;6H,3-5H2,1-2H3;4-5H,1-3H3;5H,3-4H2,1-2H3;15*1-2H3. The van der Waals surface area contributed by atoms with Crippen LogP contribution < -0.4 is 69.1 Å². The molecule has 0 radical (unpaired) electrons. The number of rotatable bonds is 39. The van der Waals surface area contributed by atoms with Crippen molar-refractivity contribution in [3.63, 3.8) is 0 Å². The molecule has 0 aromatic heterocycles. The van der Waals surface area contributed by atoms with Gasteiger partial charge in [-0.2, -0.15) is 0 Å². The fourth-order valence-corrected chi connectivity index (χ4v) is 11.3. The molecule has 0 amide bonds. The highest BCUT2D eigenvalue weighted by Crippen LogP contribution is 2.28. The fourth-order valence-electron chi connectivity index (χ4n) is 11.3. The van der Waals surface area contributed by atoms with Crippen molar-refractivity contribution >= 4 is 0 Å². The van der Waals surface area contributed by atoms with Gasteiger partial charge in [-0.1, -0.05) is 544 Å². The normalized spacial score (nSPS) is 10.9. The molecule has 1 unspecified atom stereocenters. The zero-order valence-corrected chi connectivity index (χ0v) is 113. The number of benzene rings is 3. The van der Waals surface area contributed by atoms with E-state index in [4.69, 9.17) is 0 Å². The highest BCUT2D eigenvalue weighted by Gasteiger charge is 2.14. The van der Waals surface area contributed by atoms with Gasteiger partial charge in [0.05, 0.1) is 0 Å². The first-order valence-corrected chi connectivity index (χ1v) is 62.5. The summed E-state index contributed by atoms with van der Waals surface area (Å²) in [6.45, 7) is 110. The quantitative estimate of drug-likeness (QED) is 0.0245. The SMILES string of the molecule is CC.CC.CC.CC.CC.CC.CC.CC.CC.CC.CC.CC.CC.CC.CC.CCC(C)NC.CCC1CCCCC1.CCCCCNC.CCCCCNC.CCCCNC.CCCCc1ccccc1.CCCNC.CNC(C)C.CNCC(C)C.CNCCC(C)(C)C.CNCCC(C)C.CNCCC1CCCC1.CNCCC1CCCCC1.CNCCCc1ccccc1.CNCc1ccccc1. The maximum absolute atomic E-state index is 3.21. The van der Waals surface area contributed by atoms with Gasteiger partial charge in [-0.05, 0) is 299 Å². The predicted molar refractivity (Wildman–Crippen MR) is 699 cm³/mol. The predicted octanol–water partition coefficient (Wildman–Crippen LogP) is 38.4. The van der Waals surface area contributed by atoms with Crippen LogP contribution in [0.5, 0.6) is 0 Å². The molecule has 3 fully saturated rings. The second kappa shape index (κ2) is 241. The Morgan fingerprint density at radius 3 is 0.708 bits per heavy atom. The summed E-state index contributed by atoms with van der Waals surface area (Å²) < 4.78 is 0. The lowest BCUT2D eigenvalue weighted by atomic mass is 9.87. The lowest BCUT2D eigenvalue weighted by Gasteiger charge is -2.20. The number of unbranched alkanes of at least 4 members (excludes halogenated alkanes) is 6. The zero-order valence-electron chi connectivity index (χ0n) is 113. The van der Waals surface area contributed by atoms with E-state index in [0.717, 1.165) is 75.4 Å². The lowest BCUT2D eigenvalue weighted by molar-refractivity contribution is 0.337. The molecule has 894 valence electrons. The number of hydrogen-bond acceptors (Lipinski definition) is 13. The van der Waals surface area contributed by atoms with Crippen LogP contribution in [0.4, 0.5) is 0 Å². The van der Waals surface area contributed by atoms with Crippen LogP contribution in [0.25, 0.3) is 0 Å². The van der Waals surface area contributed by atoms with Gasteiger partial charge in [0.25, 0.3) is 0 Å². The van der Waals surface area contributed by atoms with E-state index in [1.165, 1.54) is 261 Å². The molecular formula is C131H305N13. The summed E-state index contributed by atoms with van der Waals surface area (Å²) in [7, 11) is 25.8. The Kier molecular flexibility index (Phi) is 338. The molecule has 3 aliphatic rings. The Balaban J connectivity index is -0.0000000479. The summed E-state index contributed by atoms with van der Waals surface area (Å²) in [5, 5.41) is 40.4. The average Bonchev–Trinajstić information content (AvgIpc) is 1.98. The summed E-state index contributed by atoms with van der Waals surface area (Å²) in [5.74, 6) is 4.81. The molecule has 0 heterocycles.